The minimum Gasteiger partial charge on any atom is -0.207 e. The van der Waals surface area contributed by atoms with Gasteiger partial charge in [-0.1, -0.05) is 37.4 Å². The van der Waals surface area contributed by atoms with Gasteiger partial charge in [-0.3, -0.25) is 0 Å². The lowest BCUT2D eigenvalue weighted by molar-refractivity contribution is 0.626. The predicted molar refractivity (Wildman–Crippen MR) is 80.1 cm³/mol. The van der Waals surface area contributed by atoms with Crippen molar-refractivity contribution in [3.8, 4) is 0 Å². The van der Waals surface area contributed by atoms with E-state index < -0.39 is 0 Å². The first-order chi connectivity index (χ1) is 9.56. The minimum absolute atomic E-state index is 0.271. The molecule has 0 spiro atoms. The lowest BCUT2D eigenvalue weighted by Gasteiger charge is -2.09. The van der Waals surface area contributed by atoms with Gasteiger partial charge in [-0.25, -0.2) is 8.78 Å². The zero-order chi connectivity index (χ0) is 14.5. The quantitative estimate of drug-likeness (QED) is 0.675. The van der Waals surface area contributed by atoms with Gasteiger partial charge in [0.15, 0.2) is 0 Å². The van der Waals surface area contributed by atoms with E-state index in [0.29, 0.717) is 12.8 Å². The first kappa shape index (κ1) is 14.2. The van der Waals surface area contributed by atoms with Gasteiger partial charge in [-0.2, -0.15) is 0 Å². The summed E-state index contributed by atoms with van der Waals surface area (Å²) in [6.45, 7) is 7.93. The molecular formula is C18H16F2. The van der Waals surface area contributed by atoms with E-state index in [0.717, 1.165) is 22.3 Å². The first-order valence-electron chi connectivity index (χ1n) is 6.43. The Morgan fingerprint density at radius 3 is 1.50 bits per heavy atom. The molecule has 0 aromatic heterocycles. The number of allylic oxidation sites excluding steroid dienone is 2. The Balaban J connectivity index is 1.98. The van der Waals surface area contributed by atoms with Crippen molar-refractivity contribution < 1.29 is 8.78 Å². The largest absolute Gasteiger partial charge is 0.207 e. The molecule has 0 N–H and O–H groups in total. The molecule has 102 valence electrons. The molecule has 2 heteroatoms. The third kappa shape index (κ3) is 3.64. The van der Waals surface area contributed by atoms with Gasteiger partial charge in [-0.05, 0) is 59.4 Å². The monoisotopic (exact) mass is 270 g/mol. The Morgan fingerprint density at radius 1 is 0.750 bits per heavy atom. The van der Waals surface area contributed by atoms with Crippen LogP contribution in [0.2, 0.25) is 0 Å². The smallest absolute Gasteiger partial charge is 0.123 e. The molecule has 0 saturated carbocycles. The van der Waals surface area contributed by atoms with Crippen LogP contribution >= 0.6 is 0 Å². The summed E-state index contributed by atoms with van der Waals surface area (Å²) in [5.41, 5.74) is 3.28. The maximum absolute atomic E-state index is 13.1. The highest BCUT2D eigenvalue weighted by molar-refractivity contribution is 5.68. The van der Waals surface area contributed by atoms with Crippen molar-refractivity contribution in [1.29, 1.82) is 0 Å². The molecule has 0 saturated heterocycles. The van der Waals surface area contributed by atoms with Crippen LogP contribution in [0.5, 0.6) is 0 Å². The van der Waals surface area contributed by atoms with Gasteiger partial charge >= 0.3 is 0 Å². The summed E-state index contributed by atoms with van der Waals surface area (Å²) in [4.78, 5) is 0. The third-order valence-corrected chi connectivity index (χ3v) is 3.19. The molecule has 0 atom stereocenters. The zero-order valence-electron chi connectivity index (χ0n) is 11.2. The number of benzene rings is 2. The second-order valence-electron chi connectivity index (χ2n) is 4.73. The molecule has 0 nitrogen and oxygen atoms in total. The molecule has 0 bridgehead atoms. The van der Waals surface area contributed by atoms with Crippen molar-refractivity contribution in [1.82, 2.24) is 0 Å². The van der Waals surface area contributed by atoms with Gasteiger partial charge in [0.25, 0.3) is 0 Å². The SMILES string of the molecule is C=C(CCC(=C)c1cccc(F)c1)c1cccc(F)c1. The maximum Gasteiger partial charge on any atom is 0.123 e. The highest BCUT2D eigenvalue weighted by atomic mass is 19.1. The van der Waals surface area contributed by atoms with Crippen molar-refractivity contribution in [2.24, 2.45) is 0 Å². The Kier molecular flexibility index (Phi) is 4.46. The number of hydrogen-bond acceptors (Lipinski definition) is 0. The highest BCUT2D eigenvalue weighted by Crippen LogP contribution is 2.25. The molecule has 0 unspecified atom stereocenters. The molecule has 0 aliphatic heterocycles. The van der Waals surface area contributed by atoms with E-state index in [4.69, 9.17) is 0 Å². The van der Waals surface area contributed by atoms with Gasteiger partial charge in [0.2, 0.25) is 0 Å². The van der Waals surface area contributed by atoms with E-state index in [1.165, 1.54) is 24.3 Å². The number of halogens is 2. The van der Waals surface area contributed by atoms with E-state index in [1.807, 2.05) is 12.1 Å². The Bertz CT molecular complexity index is 584. The van der Waals surface area contributed by atoms with Crippen LogP contribution in [0.25, 0.3) is 11.1 Å². The zero-order valence-corrected chi connectivity index (χ0v) is 11.2. The van der Waals surface area contributed by atoms with Crippen LogP contribution in [-0.2, 0) is 0 Å². The number of hydrogen-bond donors (Lipinski definition) is 0. The van der Waals surface area contributed by atoms with E-state index in [9.17, 15) is 8.78 Å². The van der Waals surface area contributed by atoms with Crippen molar-refractivity contribution in [3.05, 3.63) is 84.5 Å². The Hall–Kier alpha value is -2.22. The molecule has 0 amide bonds. The fraction of sp³-hybridized carbons (Fsp3) is 0.111. The van der Waals surface area contributed by atoms with Crippen LogP contribution in [0.4, 0.5) is 8.78 Å². The topological polar surface area (TPSA) is 0 Å². The van der Waals surface area contributed by atoms with E-state index in [2.05, 4.69) is 13.2 Å². The summed E-state index contributed by atoms with van der Waals surface area (Å²) in [5, 5.41) is 0. The molecule has 0 aliphatic rings. The van der Waals surface area contributed by atoms with Crippen LogP contribution in [-0.4, -0.2) is 0 Å². The van der Waals surface area contributed by atoms with Crippen molar-refractivity contribution in [2.75, 3.05) is 0 Å². The fourth-order valence-electron chi connectivity index (χ4n) is 2.01. The van der Waals surface area contributed by atoms with Gasteiger partial charge in [0.05, 0.1) is 0 Å². The fourth-order valence-corrected chi connectivity index (χ4v) is 2.01. The summed E-state index contributed by atoms with van der Waals surface area (Å²) >= 11 is 0. The summed E-state index contributed by atoms with van der Waals surface area (Å²) in [7, 11) is 0. The van der Waals surface area contributed by atoms with E-state index in [1.54, 1.807) is 12.1 Å². The molecule has 2 aromatic carbocycles. The lowest BCUT2D eigenvalue weighted by Crippen LogP contribution is -1.88. The van der Waals surface area contributed by atoms with Crippen LogP contribution in [0.1, 0.15) is 24.0 Å². The van der Waals surface area contributed by atoms with E-state index >= 15 is 0 Å². The molecule has 2 rings (SSSR count). The predicted octanol–water partition coefficient (Wildman–Crippen LogP) is 5.47. The van der Waals surface area contributed by atoms with Crippen molar-refractivity contribution >= 4 is 11.1 Å². The maximum atomic E-state index is 13.1. The lowest BCUT2D eigenvalue weighted by atomic mass is 9.97. The van der Waals surface area contributed by atoms with Gasteiger partial charge in [0.1, 0.15) is 11.6 Å². The van der Waals surface area contributed by atoms with Crippen molar-refractivity contribution in [2.45, 2.75) is 12.8 Å². The number of rotatable bonds is 5. The highest BCUT2D eigenvalue weighted by Gasteiger charge is 2.04. The minimum atomic E-state index is -0.271. The average Bonchev–Trinajstić information content (AvgIpc) is 2.44. The molecule has 0 radical (unpaired) electrons. The first-order valence-corrected chi connectivity index (χ1v) is 6.43. The van der Waals surface area contributed by atoms with Crippen LogP contribution < -0.4 is 0 Å². The second kappa shape index (κ2) is 6.29. The van der Waals surface area contributed by atoms with Crippen molar-refractivity contribution in [3.63, 3.8) is 0 Å². The Morgan fingerprint density at radius 2 is 1.15 bits per heavy atom. The van der Waals surface area contributed by atoms with Gasteiger partial charge < -0.3 is 0 Å². The molecule has 0 fully saturated rings. The van der Waals surface area contributed by atoms with E-state index in [-0.39, 0.29) is 11.6 Å². The van der Waals surface area contributed by atoms with Crippen LogP contribution in [0.15, 0.2) is 61.7 Å². The molecular weight excluding hydrogens is 254 g/mol. The van der Waals surface area contributed by atoms with Crippen LogP contribution in [0.3, 0.4) is 0 Å². The molecule has 0 heterocycles. The standard InChI is InChI=1S/C18H16F2/c1-13(15-5-3-7-17(19)11-15)9-10-14(2)16-6-4-8-18(20)12-16/h3-8,11-12H,1-2,9-10H2. The summed E-state index contributed by atoms with van der Waals surface area (Å²) < 4.78 is 26.3. The summed E-state index contributed by atoms with van der Waals surface area (Å²) in [5.74, 6) is -0.541. The molecule has 0 aliphatic carbocycles. The third-order valence-electron chi connectivity index (χ3n) is 3.19. The second-order valence-corrected chi connectivity index (χ2v) is 4.73. The summed E-state index contributed by atoms with van der Waals surface area (Å²) in [6.07, 6.45) is 1.33. The van der Waals surface area contributed by atoms with Crippen LogP contribution in [0, 0.1) is 11.6 Å². The summed E-state index contributed by atoms with van der Waals surface area (Å²) in [6, 6.07) is 12.7. The molecule has 20 heavy (non-hydrogen) atoms. The molecule has 2 aromatic rings. The average molecular weight is 270 g/mol. The van der Waals surface area contributed by atoms with Gasteiger partial charge in [-0.15, -0.1) is 0 Å². The Labute approximate surface area is 118 Å². The normalized spacial score (nSPS) is 10.3. The van der Waals surface area contributed by atoms with Gasteiger partial charge in [0, 0.05) is 0 Å².